The number of halogens is 3. The number of benzene rings is 2. The Balaban J connectivity index is 1.56. The summed E-state index contributed by atoms with van der Waals surface area (Å²) in [6.07, 6.45) is -2.90. The normalized spacial score (nSPS) is 16.3. The van der Waals surface area contributed by atoms with Gasteiger partial charge in [0, 0.05) is 18.0 Å². The lowest BCUT2D eigenvalue weighted by Crippen LogP contribution is -2.36. The molecule has 0 saturated carbocycles. The largest absolute Gasteiger partial charge is 0.497 e. The minimum absolute atomic E-state index is 0.0452. The highest BCUT2D eigenvalue weighted by atomic mass is 19.4. The quantitative estimate of drug-likeness (QED) is 0.701. The minimum Gasteiger partial charge on any atom is -0.497 e. The number of nitrogens with zero attached hydrogens (tertiary/aromatic N) is 1. The Morgan fingerprint density at radius 1 is 1.11 bits per heavy atom. The van der Waals surface area contributed by atoms with Crippen LogP contribution in [0.3, 0.4) is 0 Å². The van der Waals surface area contributed by atoms with Gasteiger partial charge in [0.05, 0.1) is 12.7 Å². The third-order valence-electron chi connectivity index (χ3n) is 4.99. The Hall–Kier alpha value is -2.34. The van der Waals surface area contributed by atoms with E-state index in [0.717, 1.165) is 6.07 Å². The van der Waals surface area contributed by atoms with Gasteiger partial charge in [0.15, 0.2) is 5.78 Å². The van der Waals surface area contributed by atoms with E-state index in [-0.39, 0.29) is 11.7 Å². The van der Waals surface area contributed by atoms with E-state index < -0.39 is 11.7 Å². The van der Waals surface area contributed by atoms with Crippen LogP contribution in [0.25, 0.3) is 0 Å². The molecule has 144 valence electrons. The van der Waals surface area contributed by atoms with Crippen molar-refractivity contribution in [3.8, 4) is 5.75 Å². The van der Waals surface area contributed by atoms with Gasteiger partial charge < -0.3 is 4.74 Å². The number of ether oxygens (including phenoxy) is 1. The number of carbonyl (C=O) groups is 1. The summed E-state index contributed by atoms with van der Waals surface area (Å²) in [4.78, 5) is 14.7. The number of hydrogen-bond donors (Lipinski definition) is 0. The maximum atomic E-state index is 12.8. The molecule has 0 atom stereocenters. The molecule has 0 aromatic heterocycles. The van der Waals surface area contributed by atoms with Gasteiger partial charge in [-0.25, -0.2) is 0 Å². The number of hydrogen-bond acceptors (Lipinski definition) is 3. The fraction of sp³-hybridized carbons (Fsp3) is 0.381. The lowest BCUT2D eigenvalue weighted by molar-refractivity contribution is -0.137. The van der Waals surface area contributed by atoms with E-state index in [1.807, 2.05) is 0 Å². The molecule has 1 aliphatic rings. The second kappa shape index (κ2) is 8.13. The number of carbonyl (C=O) groups excluding carboxylic acids is 1. The van der Waals surface area contributed by atoms with Crippen LogP contribution in [0.1, 0.15) is 34.3 Å². The summed E-state index contributed by atoms with van der Waals surface area (Å²) in [7, 11) is 1.58. The lowest BCUT2D eigenvalue weighted by Gasteiger charge is -2.31. The zero-order chi connectivity index (χ0) is 19.4. The third-order valence-corrected chi connectivity index (χ3v) is 4.99. The van der Waals surface area contributed by atoms with E-state index in [4.69, 9.17) is 4.74 Å². The highest BCUT2D eigenvalue weighted by molar-refractivity contribution is 5.98. The van der Waals surface area contributed by atoms with Gasteiger partial charge in [-0.05, 0) is 61.8 Å². The SMILES string of the molecule is COc1ccc(C(=O)C2CCN(Cc3cccc(C(F)(F)F)c3)CC2)cc1. The molecule has 0 radical (unpaired) electrons. The Bertz CT molecular complexity index is 779. The number of rotatable bonds is 5. The fourth-order valence-corrected chi connectivity index (χ4v) is 3.45. The Labute approximate surface area is 156 Å². The summed E-state index contributed by atoms with van der Waals surface area (Å²) >= 11 is 0. The molecule has 2 aromatic rings. The second-order valence-electron chi connectivity index (χ2n) is 6.84. The molecule has 0 N–H and O–H groups in total. The molecule has 1 heterocycles. The van der Waals surface area contributed by atoms with Crippen LogP contribution in [0.2, 0.25) is 0 Å². The Kier molecular flexibility index (Phi) is 5.85. The summed E-state index contributed by atoms with van der Waals surface area (Å²) in [6.45, 7) is 1.86. The topological polar surface area (TPSA) is 29.5 Å². The van der Waals surface area contributed by atoms with Crippen LogP contribution in [0, 0.1) is 5.92 Å². The van der Waals surface area contributed by atoms with Crippen molar-refractivity contribution < 1.29 is 22.7 Å². The van der Waals surface area contributed by atoms with Crippen LogP contribution < -0.4 is 4.74 Å². The Morgan fingerprint density at radius 2 is 1.78 bits per heavy atom. The first-order chi connectivity index (χ1) is 12.9. The van der Waals surface area contributed by atoms with Gasteiger partial charge in [-0.3, -0.25) is 9.69 Å². The van der Waals surface area contributed by atoms with Crippen LogP contribution in [0.15, 0.2) is 48.5 Å². The fourth-order valence-electron chi connectivity index (χ4n) is 3.45. The zero-order valence-electron chi connectivity index (χ0n) is 15.1. The third kappa shape index (κ3) is 4.89. The molecular formula is C21H22F3NO2. The van der Waals surface area contributed by atoms with Crippen molar-refractivity contribution in [2.24, 2.45) is 5.92 Å². The number of piperidine rings is 1. The van der Waals surface area contributed by atoms with Crippen molar-refractivity contribution >= 4 is 5.78 Å². The van der Waals surface area contributed by atoms with Crippen molar-refractivity contribution in [1.29, 1.82) is 0 Å². The number of ketones is 1. The first kappa shape index (κ1) is 19.4. The molecule has 0 aliphatic carbocycles. The van der Waals surface area contributed by atoms with Crippen LogP contribution >= 0.6 is 0 Å². The average molecular weight is 377 g/mol. The van der Waals surface area contributed by atoms with E-state index >= 15 is 0 Å². The van der Waals surface area contributed by atoms with E-state index in [2.05, 4.69) is 4.90 Å². The minimum atomic E-state index is -4.33. The molecule has 0 unspecified atom stereocenters. The monoisotopic (exact) mass is 377 g/mol. The van der Waals surface area contributed by atoms with Gasteiger partial charge in [-0.1, -0.05) is 18.2 Å². The standard InChI is InChI=1S/C21H22F3NO2/c1-27-19-7-5-16(6-8-19)20(26)17-9-11-25(12-10-17)14-15-3-2-4-18(13-15)21(22,23)24/h2-8,13,17H,9-12,14H2,1H3. The van der Waals surface area contributed by atoms with Crippen LogP contribution in [0.4, 0.5) is 13.2 Å². The van der Waals surface area contributed by atoms with E-state index in [1.165, 1.54) is 12.1 Å². The molecular weight excluding hydrogens is 355 g/mol. The molecule has 1 saturated heterocycles. The second-order valence-corrected chi connectivity index (χ2v) is 6.84. The molecule has 0 bridgehead atoms. The Morgan fingerprint density at radius 3 is 2.37 bits per heavy atom. The summed E-state index contributed by atoms with van der Waals surface area (Å²) in [5.74, 6) is 0.787. The average Bonchev–Trinajstić information content (AvgIpc) is 2.68. The van der Waals surface area contributed by atoms with Gasteiger partial charge in [0.25, 0.3) is 0 Å². The summed E-state index contributed by atoms with van der Waals surface area (Å²) in [5, 5.41) is 0. The lowest BCUT2D eigenvalue weighted by atomic mass is 9.88. The van der Waals surface area contributed by atoms with Crippen molar-refractivity contribution in [2.75, 3.05) is 20.2 Å². The van der Waals surface area contributed by atoms with Crippen LogP contribution in [0.5, 0.6) is 5.75 Å². The molecule has 1 aliphatic heterocycles. The first-order valence-corrected chi connectivity index (χ1v) is 8.93. The van der Waals surface area contributed by atoms with Gasteiger partial charge in [0.1, 0.15) is 5.75 Å². The van der Waals surface area contributed by atoms with Crippen molar-refractivity contribution in [3.63, 3.8) is 0 Å². The van der Waals surface area contributed by atoms with Gasteiger partial charge in [-0.2, -0.15) is 13.2 Å². The molecule has 0 spiro atoms. The number of alkyl halides is 3. The highest BCUT2D eigenvalue weighted by Gasteiger charge is 2.31. The van der Waals surface area contributed by atoms with Crippen molar-refractivity contribution in [1.82, 2.24) is 4.90 Å². The maximum absolute atomic E-state index is 12.8. The summed E-state index contributed by atoms with van der Waals surface area (Å²) in [5.41, 5.74) is 0.696. The first-order valence-electron chi connectivity index (χ1n) is 8.93. The predicted molar refractivity (Wildman–Crippen MR) is 96.8 cm³/mol. The van der Waals surface area contributed by atoms with Crippen molar-refractivity contribution in [3.05, 3.63) is 65.2 Å². The smallest absolute Gasteiger partial charge is 0.416 e. The number of methoxy groups -OCH3 is 1. The molecule has 6 heteroatoms. The van der Waals surface area contributed by atoms with Crippen molar-refractivity contribution in [2.45, 2.75) is 25.6 Å². The molecule has 2 aromatic carbocycles. The molecule has 0 amide bonds. The number of likely N-dealkylation sites (tertiary alicyclic amines) is 1. The molecule has 27 heavy (non-hydrogen) atoms. The molecule has 3 rings (SSSR count). The van der Waals surface area contributed by atoms with E-state index in [1.54, 1.807) is 37.4 Å². The van der Waals surface area contributed by atoms with Gasteiger partial charge in [-0.15, -0.1) is 0 Å². The molecule has 1 fully saturated rings. The molecule has 3 nitrogen and oxygen atoms in total. The van der Waals surface area contributed by atoms with E-state index in [9.17, 15) is 18.0 Å². The van der Waals surface area contributed by atoms with Crippen LogP contribution in [-0.2, 0) is 12.7 Å². The van der Waals surface area contributed by atoms with E-state index in [0.29, 0.717) is 49.4 Å². The highest BCUT2D eigenvalue weighted by Crippen LogP contribution is 2.30. The zero-order valence-corrected chi connectivity index (χ0v) is 15.1. The number of Topliss-reactive ketones (excluding diaryl/α,β-unsaturated/α-hetero) is 1. The maximum Gasteiger partial charge on any atom is 0.416 e. The van der Waals surface area contributed by atoms with Gasteiger partial charge >= 0.3 is 6.18 Å². The summed E-state index contributed by atoms with van der Waals surface area (Å²) in [6, 6.07) is 12.5. The van der Waals surface area contributed by atoms with Gasteiger partial charge in [0.2, 0.25) is 0 Å². The predicted octanol–water partition coefficient (Wildman–Crippen LogP) is 4.81. The van der Waals surface area contributed by atoms with Crippen LogP contribution in [-0.4, -0.2) is 30.9 Å². The summed E-state index contributed by atoms with van der Waals surface area (Å²) < 4.78 is 43.6.